The van der Waals surface area contributed by atoms with E-state index in [9.17, 15) is 0 Å². The summed E-state index contributed by atoms with van der Waals surface area (Å²) in [5.41, 5.74) is 0. The third-order valence-corrected chi connectivity index (χ3v) is 7.93. The molecule has 1 saturated heterocycles. The monoisotopic (exact) mass is 503 g/mol. The Balaban J connectivity index is 2.02. The van der Waals surface area contributed by atoms with Crippen LogP contribution in [-0.2, 0) is 0 Å². The number of allylic oxidation sites excluding steroid dienone is 4. The molecule has 1 aliphatic heterocycles. The van der Waals surface area contributed by atoms with Gasteiger partial charge in [0.25, 0.3) is 0 Å². The summed E-state index contributed by atoms with van der Waals surface area (Å²) in [6.07, 6.45) is 40.0. The Labute approximate surface area is 228 Å². The lowest BCUT2D eigenvalue weighted by Crippen LogP contribution is -2.35. The van der Waals surface area contributed by atoms with Crippen molar-refractivity contribution in [2.24, 2.45) is 0 Å². The smallest absolute Gasteiger partial charge is 0.0109 e. The second-order valence-electron chi connectivity index (χ2n) is 11.4. The lowest BCUT2D eigenvalue weighted by molar-refractivity contribution is 0.217. The Morgan fingerprint density at radius 1 is 0.500 bits per heavy atom. The van der Waals surface area contributed by atoms with Crippen molar-refractivity contribution in [1.82, 2.24) is 9.80 Å². The van der Waals surface area contributed by atoms with Gasteiger partial charge in [0.05, 0.1) is 0 Å². The highest BCUT2D eigenvalue weighted by Gasteiger charge is 2.13. The van der Waals surface area contributed by atoms with Crippen molar-refractivity contribution in [1.29, 1.82) is 0 Å². The fraction of sp³-hybridized carbons (Fsp3) is 0.882. The van der Waals surface area contributed by atoms with Crippen molar-refractivity contribution in [3.63, 3.8) is 0 Å². The third kappa shape index (κ3) is 22.6. The van der Waals surface area contributed by atoms with Crippen LogP contribution >= 0.6 is 0 Å². The standard InChI is InChI=1S/C34H66N2/c1-3-5-7-9-11-13-14-15-16-17-18-19-20-22-24-26-30-35(33-34-36-31-27-28-32-36)29-25-23-21-12-10-8-6-4-2/h11,13,15-16H,3-10,12,14,17-34H2,1-2H3/b13-11-,16-15-. The molecule has 36 heavy (non-hydrogen) atoms. The van der Waals surface area contributed by atoms with Crippen LogP contribution in [0, 0.1) is 0 Å². The second kappa shape index (κ2) is 27.4. The largest absolute Gasteiger partial charge is 0.302 e. The lowest BCUT2D eigenvalue weighted by atomic mass is 10.1. The quantitative estimate of drug-likeness (QED) is 0.0814. The molecule has 1 aliphatic rings. The number of rotatable bonds is 27. The summed E-state index contributed by atoms with van der Waals surface area (Å²) in [4.78, 5) is 5.50. The number of nitrogens with zero attached hydrogens (tertiary/aromatic N) is 2. The van der Waals surface area contributed by atoms with Crippen LogP contribution in [0.3, 0.4) is 0 Å². The fourth-order valence-corrected chi connectivity index (χ4v) is 5.42. The molecule has 0 unspecified atom stereocenters. The molecular weight excluding hydrogens is 436 g/mol. The normalized spacial score (nSPS) is 14.9. The first-order valence-corrected chi connectivity index (χ1v) is 16.6. The predicted octanol–water partition coefficient (Wildman–Crippen LogP) is 10.3. The molecule has 0 aromatic heterocycles. The molecule has 1 rings (SSSR count). The molecule has 1 heterocycles. The summed E-state index contributed by atoms with van der Waals surface area (Å²) < 4.78 is 0. The molecule has 0 saturated carbocycles. The molecule has 212 valence electrons. The SMILES string of the molecule is CCCCC/C=C\C/C=C\CCCCCCCCN(CCCCCCCCCC)CCN1CCCC1. The van der Waals surface area contributed by atoms with Crippen LogP contribution < -0.4 is 0 Å². The van der Waals surface area contributed by atoms with Crippen molar-refractivity contribution >= 4 is 0 Å². The van der Waals surface area contributed by atoms with E-state index in [-0.39, 0.29) is 0 Å². The van der Waals surface area contributed by atoms with Crippen molar-refractivity contribution in [2.75, 3.05) is 39.3 Å². The molecule has 0 atom stereocenters. The van der Waals surface area contributed by atoms with Gasteiger partial charge in [0.15, 0.2) is 0 Å². The van der Waals surface area contributed by atoms with E-state index < -0.39 is 0 Å². The van der Waals surface area contributed by atoms with E-state index in [4.69, 9.17) is 0 Å². The first kappa shape index (κ1) is 33.4. The minimum atomic E-state index is 1.12. The Morgan fingerprint density at radius 3 is 1.50 bits per heavy atom. The molecule has 1 fully saturated rings. The second-order valence-corrected chi connectivity index (χ2v) is 11.4. The number of unbranched alkanes of at least 4 members (excludes halogenated alkanes) is 16. The van der Waals surface area contributed by atoms with Gasteiger partial charge < -0.3 is 9.80 Å². The van der Waals surface area contributed by atoms with Crippen molar-refractivity contribution in [3.05, 3.63) is 24.3 Å². The van der Waals surface area contributed by atoms with E-state index in [1.54, 1.807) is 0 Å². The van der Waals surface area contributed by atoms with Gasteiger partial charge in [-0.25, -0.2) is 0 Å². The number of likely N-dealkylation sites (tertiary alicyclic amines) is 1. The van der Waals surface area contributed by atoms with Gasteiger partial charge in [-0.15, -0.1) is 0 Å². The average Bonchev–Trinajstić information content (AvgIpc) is 3.41. The van der Waals surface area contributed by atoms with Gasteiger partial charge >= 0.3 is 0 Å². The van der Waals surface area contributed by atoms with E-state index in [2.05, 4.69) is 48.0 Å². The Kier molecular flexibility index (Phi) is 25.5. The molecule has 0 spiro atoms. The maximum absolute atomic E-state index is 2.80. The minimum Gasteiger partial charge on any atom is -0.302 e. The maximum atomic E-state index is 2.80. The van der Waals surface area contributed by atoms with E-state index in [1.165, 1.54) is 174 Å². The van der Waals surface area contributed by atoms with Crippen molar-refractivity contribution < 1.29 is 0 Å². The van der Waals surface area contributed by atoms with Crippen LogP contribution in [0.25, 0.3) is 0 Å². The Bertz CT molecular complexity index is 478. The zero-order valence-electron chi connectivity index (χ0n) is 25.0. The summed E-state index contributed by atoms with van der Waals surface area (Å²) in [6.45, 7) is 12.5. The first-order valence-electron chi connectivity index (χ1n) is 16.6. The van der Waals surface area contributed by atoms with Gasteiger partial charge in [-0.05, 0) is 84.0 Å². The Morgan fingerprint density at radius 2 is 0.944 bits per heavy atom. The summed E-state index contributed by atoms with van der Waals surface area (Å²) in [5, 5.41) is 0. The molecule has 2 nitrogen and oxygen atoms in total. The van der Waals surface area contributed by atoms with Crippen LogP contribution in [0.5, 0.6) is 0 Å². The fourth-order valence-electron chi connectivity index (χ4n) is 5.42. The number of hydrogen-bond acceptors (Lipinski definition) is 2. The van der Waals surface area contributed by atoms with Gasteiger partial charge in [0, 0.05) is 13.1 Å². The minimum absolute atomic E-state index is 1.12. The van der Waals surface area contributed by atoms with Crippen LogP contribution in [-0.4, -0.2) is 49.1 Å². The molecule has 0 N–H and O–H groups in total. The van der Waals surface area contributed by atoms with Crippen LogP contribution in [0.1, 0.15) is 155 Å². The zero-order valence-corrected chi connectivity index (χ0v) is 25.0. The van der Waals surface area contributed by atoms with E-state index in [0.717, 1.165) is 6.42 Å². The lowest BCUT2D eigenvalue weighted by Gasteiger charge is -2.25. The molecular formula is C34H66N2. The Hall–Kier alpha value is -0.600. The summed E-state index contributed by atoms with van der Waals surface area (Å²) in [6, 6.07) is 0. The van der Waals surface area contributed by atoms with Crippen molar-refractivity contribution in [3.8, 4) is 0 Å². The number of hydrogen-bond donors (Lipinski definition) is 0. The first-order chi connectivity index (χ1) is 17.9. The van der Waals surface area contributed by atoms with E-state index in [1.807, 2.05) is 0 Å². The van der Waals surface area contributed by atoms with Gasteiger partial charge in [0.1, 0.15) is 0 Å². The predicted molar refractivity (Wildman–Crippen MR) is 164 cm³/mol. The van der Waals surface area contributed by atoms with Gasteiger partial charge in [0.2, 0.25) is 0 Å². The molecule has 0 radical (unpaired) electrons. The molecule has 0 aromatic rings. The highest BCUT2D eigenvalue weighted by atomic mass is 15.2. The topological polar surface area (TPSA) is 6.48 Å². The summed E-state index contributed by atoms with van der Waals surface area (Å²) >= 11 is 0. The maximum Gasteiger partial charge on any atom is 0.0109 e. The summed E-state index contributed by atoms with van der Waals surface area (Å²) in [7, 11) is 0. The van der Waals surface area contributed by atoms with Crippen LogP contribution in [0.4, 0.5) is 0 Å². The van der Waals surface area contributed by atoms with Crippen LogP contribution in [0.15, 0.2) is 24.3 Å². The zero-order chi connectivity index (χ0) is 25.8. The van der Waals surface area contributed by atoms with E-state index >= 15 is 0 Å². The van der Waals surface area contributed by atoms with E-state index in [0.29, 0.717) is 0 Å². The average molecular weight is 503 g/mol. The summed E-state index contributed by atoms with van der Waals surface area (Å²) in [5.74, 6) is 0. The van der Waals surface area contributed by atoms with Gasteiger partial charge in [-0.3, -0.25) is 0 Å². The highest BCUT2D eigenvalue weighted by molar-refractivity contribution is 4.92. The van der Waals surface area contributed by atoms with Gasteiger partial charge in [-0.2, -0.15) is 0 Å². The molecule has 0 bridgehead atoms. The molecule has 0 aromatic carbocycles. The molecule has 0 amide bonds. The van der Waals surface area contributed by atoms with Crippen molar-refractivity contribution in [2.45, 2.75) is 155 Å². The molecule has 0 aliphatic carbocycles. The van der Waals surface area contributed by atoms with Gasteiger partial charge in [-0.1, -0.05) is 122 Å². The van der Waals surface area contributed by atoms with Crippen LogP contribution in [0.2, 0.25) is 0 Å². The highest BCUT2D eigenvalue weighted by Crippen LogP contribution is 2.12. The third-order valence-electron chi connectivity index (χ3n) is 7.93. The molecule has 2 heteroatoms.